The van der Waals surface area contributed by atoms with E-state index in [1.54, 1.807) is 7.11 Å². The number of nitrogens with zero attached hydrogens (tertiary/aromatic N) is 2. The first-order chi connectivity index (χ1) is 14.6. The highest BCUT2D eigenvalue weighted by atomic mass is 127. The largest absolute Gasteiger partial charge is 0.428 e. The molecule has 2 aromatic rings. The Labute approximate surface area is 193 Å². The molecule has 1 amide bonds. The summed E-state index contributed by atoms with van der Waals surface area (Å²) in [6.45, 7) is 7.18. The van der Waals surface area contributed by atoms with E-state index in [0.29, 0.717) is 13.1 Å². The van der Waals surface area contributed by atoms with E-state index in [0.717, 1.165) is 48.4 Å². The molecule has 5 nitrogen and oxygen atoms in total. The van der Waals surface area contributed by atoms with E-state index in [1.807, 2.05) is 71.1 Å². The van der Waals surface area contributed by atoms with Gasteiger partial charge >= 0.3 is 0 Å². The summed E-state index contributed by atoms with van der Waals surface area (Å²) in [7, 11) is 1.72. The van der Waals surface area contributed by atoms with Crippen LogP contribution in [0.25, 0.3) is 5.57 Å². The van der Waals surface area contributed by atoms with Gasteiger partial charge in [0.15, 0.2) is 23.0 Å². The Morgan fingerprint density at radius 1 is 1.00 bits per heavy atom. The number of carbonyl (C=O) groups excluding carboxylic acids is 1. The molecule has 0 spiro atoms. The van der Waals surface area contributed by atoms with Crippen LogP contribution in [-0.4, -0.2) is 49.2 Å². The summed E-state index contributed by atoms with van der Waals surface area (Å²) in [5.41, 5.74) is 5.61. The molecule has 0 saturated carbocycles. The lowest BCUT2D eigenvalue weighted by Gasteiger charge is -2.28. The van der Waals surface area contributed by atoms with Gasteiger partial charge in [0.2, 0.25) is 0 Å². The summed E-state index contributed by atoms with van der Waals surface area (Å²) < 4.78 is 5.43. The number of hydrogen-bond acceptors (Lipinski definition) is 4. The number of rotatable bonds is 7. The molecule has 3 rings (SSSR count). The number of hydroxylamine groups is 2. The molecule has 1 aliphatic rings. The van der Waals surface area contributed by atoms with Crippen LogP contribution in [-0.2, 0) is 4.84 Å². The second-order valence-corrected chi connectivity index (χ2v) is 7.69. The highest BCUT2D eigenvalue weighted by Gasteiger charge is 2.20. The minimum Gasteiger partial charge on any atom is -0.428 e. The van der Waals surface area contributed by atoms with Crippen LogP contribution in [0.5, 0.6) is 5.75 Å². The number of amides is 1. The molecular weight excluding hydrogens is 491 g/mol. The van der Waals surface area contributed by atoms with Crippen LogP contribution in [0, 0.1) is 0 Å². The summed E-state index contributed by atoms with van der Waals surface area (Å²) in [5.74, 6) is 0.906. The van der Waals surface area contributed by atoms with Gasteiger partial charge in [-0.3, -0.25) is 4.79 Å². The third-order valence-corrected chi connectivity index (χ3v) is 6.13. The first-order valence-corrected chi connectivity index (χ1v) is 11.3. The van der Waals surface area contributed by atoms with Gasteiger partial charge in [-0.15, -0.1) is 0 Å². The van der Waals surface area contributed by atoms with E-state index in [2.05, 4.69) is 24.3 Å². The molecule has 1 heterocycles. The predicted molar refractivity (Wildman–Crippen MR) is 129 cm³/mol. The van der Waals surface area contributed by atoms with Gasteiger partial charge in [-0.2, -0.15) is 5.06 Å². The monoisotopic (exact) mass is 520 g/mol. The Hall–Kier alpha value is -1.90. The van der Waals surface area contributed by atoms with Crippen molar-refractivity contribution in [1.82, 2.24) is 9.96 Å². The van der Waals surface area contributed by atoms with Crippen molar-refractivity contribution >= 4 is 34.5 Å². The van der Waals surface area contributed by atoms with E-state index in [1.165, 1.54) is 11.1 Å². The fourth-order valence-corrected chi connectivity index (χ4v) is 4.21. The van der Waals surface area contributed by atoms with Crippen molar-refractivity contribution in [3.63, 3.8) is 0 Å². The van der Waals surface area contributed by atoms with Crippen LogP contribution in [0.2, 0.25) is 0 Å². The van der Waals surface area contributed by atoms with Gasteiger partial charge < -0.3 is 12.8 Å². The van der Waals surface area contributed by atoms with Crippen LogP contribution >= 0.6 is 23.0 Å². The Morgan fingerprint density at radius 3 is 2.20 bits per heavy atom. The lowest BCUT2D eigenvalue weighted by Crippen LogP contribution is -2.30. The second kappa shape index (κ2) is 10.9. The average Bonchev–Trinajstić information content (AvgIpc) is 2.81. The molecule has 2 aromatic carbocycles. The lowest BCUT2D eigenvalue weighted by atomic mass is 9.88. The van der Waals surface area contributed by atoms with Crippen molar-refractivity contribution in [3.8, 4) is 5.75 Å². The molecule has 0 aliphatic carbocycles. The standard InChI is InChI=1S/C24H29IN2O3/c1-4-26(5-2)24(28)20-11-9-18(10-12-20)23(19-13-15-27(29-3)16-14-19)21-7-6-8-22(17-21)30-25/h6-12,17H,4-5,13-16H2,1-3H3. The molecule has 1 fully saturated rings. The molecule has 1 saturated heterocycles. The maximum Gasteiger partial charge on any atom is 0.253 e. The lowest BCUT2D eigenvalue weighted by molar-refractivity contribution is -0.135. The molecule has 0 unspecified atom stereocenters. The highest BCUT2D eigenvalue weighted by Crippen LogP contribution is 2.34. The molecule has 0 atom stereocenters. The van der Waals surface area contributed by atoms with E-state index < -0.39 is 0 Å². The summed E-state index contributed by atoms with van der Waals surface area (Å²) in [6.07, 6.45) is 1.89. The van der Waals surface area contributed by atoms with Crippen molar-refractivity contribution < 1.29 is 12.7 Å². The van der Waals surface area contributed by atoms with Crippen molar-refractivity contribution in [3.05, 3.63) is 70.8 Å². The Balaban J connectivity index is 1.99. The van der Waals surface area contributed by atoms with Crippen molar-refractivity contribution in [2.45, 2.75) is 26.7 Å². The maximum absolute atomic E-state index is 12.7. The third kappa shape index (κ3) is 5.22. The van der Waals surface area contributed by atoms with Crippen molar-refractivity contribution in [2.75, 3.05) is 33.3 Å². The second-order valence-electron chi connectivity index (χ2n) is 7.25. The number of hydrogen-bond donors (Lipinski definition) is 0. The first kappa shape index (κ1) is 22.8. The van der Waals surface area contributed by atoms with Crippen LogP contribution in [0.1, 0.15) is 48.2 Å². The summed E-state index contributed by atoms with van der Waals surface area (Å²) >= 11 is 1.91. The number of piperidine rings is 1. The van der Waals surface area contributed by atoms with Crippen molar-refractivity contribution in [2.24, 2.45) is 0 Å². The van der Waals surface area contributed by atoms with Gasteiger partial charge in [0.05, 0.1) is 7.11 Å². The number of benzene rings is 2. The minimum absolute atomic E-state index is 0.0782. The van der Waals surface area contributed by atoms with E-state index in [-0.39, 0.29) is 5.91 Å². The first-order valence-electron chi connectivity index (χ1n) is 10.4. The number of halogens is 1. The molecule has 1 aliphatic heterocycles. The quantitative estimate of drug-likeness (QED) is 0.462. The van der Waals surface area contributed by atoms with Gasteiger partial charge in [-0.05, 0) is 67.7 Å². The predicted octanol–water partition coefficient (Wildman–Crippen LogP) is 5.36. The zero-order valence-electron chi connectivity index (χ0n) is 17.9. The topological polar surface area (TPSA) is 42.0 Å². The van der Waals surface area contributed by atoms with Crippen LogP contribution in [0.3, 0.4) is 0 Å². The Morgan fingerprint density at radius 2 is 1.63 bits per heavy atom. The van der Waals surface area contributed by atoms with Gasteiger partial charge in [0, 0.05) is 31.7 Å². The smallest absolute Gasteiger partial charge is 0.253 e. The summed E-state index contributed by atoms with van der Waals surface area (Å²) in [4.78, 5) is 19.9. The molecule has 30 heavy (non-hydrogen) atoms. The molecule has 0 N–H and O–H groups in total. The van der Waals surface area contributed by atoms with Gasteiger partial charge in [0.25, 0.3) is 5.91 Å². The maximum atomic E-state index is 12.7. The van der Waals surface area contributed by atoms with E-state index in [9.17, 15) is 4.79 Å². The summed E-state index contributed by atoms with van der Waals surface area (Å²) in [5, 5.41) is 2.00. The van der Waals surface area contributed by atoms with Crippen LogP contribution < -0.4 is 3.07 Å². The van der Waals surface area contributed by atoms with Crippen LogP contribution in [0.15, 0.2) is 54.1 Å². The summed E-state index contributed by atoms with van der Waals surface area (Å²) in [6, 6.07) is 16.2. The molecule has 6 heteroatoms. The zero-order valence-corrected chi connectivity index (χ0v) is 20.0. The van der Waals surface area contributed by atoms with Crippen molar-refractivity contribution in [1.29, 1.82) is 0 Å². The molecule has 160 valence electrons. The third-order valence-electron chi connectivity index (χ3n) is 5.62. The van der Waals surface area contributed by atoms with Gasteiger partial charge in [0.1, 0.15) is 5.75 Å². The molecular formula is C24H29IN2O3. The SMILES string of the molecule is CCN(CC)C(=O)c1ccc(C(=C2CCN(OC)CC2)c2cccc(OI)c2)cc1. The van der Waals surface area contributed by atoms with E-state index in [4.69, 9.17) is 7.90 Å². The fraction of sp³-hybridized carbons (Fsp3) is 0.375. The van der Waals surface area contributed by atoms with Crippen LogP contribution in [0.4, 0.5) is 0 Å². The van der Waals surface area contributed by atoms with Gasteiger partial charge in [-0.1, -0.05) is 29.8 Å². The van der Waals surface area contributed by atoms with Gasteiger partial charge in [-0.25, -0.2) is 0 Å². The number of carbonyl (C=O) groups is 1. The van der Waals surface area contributed by atoms with E-state index >= 15 is 0 Å². The fourth-order valence-electron chi connectivity index (χ4n) is 3.94. The average molecular weight is 520 g/mol. The molecule has 0 aromatic heterocycles. The minimum atomic E-state index is 0.0782. The Kier molecular flexibility index (Phi) is 8.30. The normalized spacial score (nSPS) is 14.5. The molecule has 0 bridgehead atoms. The highest BCUT2D eigenvalue weighted by molar-refractivity contribution is 14.1. The Bertz CT molecular complexity index is 882. The molecule has 0 radical (unpaired) electrons. The zero-order chi connectivity index (χ0) is 21.5.